The molecule has 3 atom stereocenters. The van der Waals surface area contributed by atoms with Gasteiger partial charge in [-0.25, -0.2) is 4.39 Å². The number of carbonyl (C=O) groups excluding carboxylic acids is 1. The van der Waals surface area contributed by atoms with E-state index in [0.29, 0.717) is 18.4 Å². The lowest BCUT2D eigenvalue weighted by Crippen LogP contribution is -2.40. The van der Waals surface area contributed by atoms with Crippen molar-refractivity contribution in [2.75, 3.05) is 5.32 Å². The van der Waals surface area contributed by atoms with E-state index < -0.39 is 47.0 Å². The van der Waals surface area contributed by atoms with Crippen LogP contribution < -0.4 is 5.32 Å². The highest BCUT2D eigenvalue weighted by Crippen LogP contribution is 2.49. The highest BCUT2D eigenvalue weighted by Gasteiger charge is 2.50. The molecule has 2 aliphatic rings. The number of allylic oxidation sites excluding steroid dienone is 4. The molecule has 1 saturated carbocycles. The molecule has 0 spiro atoms. The third kappa shape index (κ3) is 5.29. The summed E-state index contributed by atoms with van der Waals surface area (Å²) in [7, 11) is 0. The molecule has 3 rings (SSSR count). The van der Waals surface area contributed by atoms with Crippen LogP contribution in [-0.2, 0) is 16.0 Å². The molecule has 2 N–H and O–H groups in total. The van der Waals surface area contributed by atoms with Crippen molar-refractivity contribution in [1.29, 1.82) is 0 Å². The third-order valence-corrected chi connectivity index (χ3v) is 6.78. The first-order valence-corrected chi connectivity index (χ1v) is 10.7. The summed E-state index contributed by atoms with van der Waals surface area (Å²) >= 11 is 11.8. The second kappa shape index (κ2) is 9.06. The average Bonchev–Trinajstić information content (AvgIpc) is 3.47. The van der Waals surface area contributed by atoms with E-state index in [-0.39, 0.29) is 28.6 Å². The molecule has 1 amide bonds. The minimum Gasteiger partial charge on any atom is -0.481 e. The number of aliphatic carboxylic acids is 1. The first kappa shape index (κ1) is 24.6. The van der Waals surface area contributed by atoms with Crippen molar-refractivity contribution in [3.05, 3.63) is 51.8 Å². The van der Waals surface area contributed by atoms with Crippen LogP contribution in [0.15, 0.2) is 41.2 Å². The van der Waals surface area contributed by atoms with Crippen molar-refractivity contribution in [3.63, 3.8) is 0 Å². The number of carboxylic acids is 1. The van der Waals surface area contributed by atoms with Crippen molar-refractivity contribution < 1.29 is 32.3 Å². The quantitative estimate of drug-likeness (QED) is 0.426. The smallest absolute Gasteiger partial charge is 0.392 e. The van der Waals surface area contributed by atoms with Gasteiger partial charge in [0, 0.05) is 0 Å². The van der Waals surface area contributed by atoms with Crippen LogP contribution in [0.1, 0.15) is 31.7 Å². The SMILES string of the molecule is C[C@H]([C@H](C(=O)Nc1cc(CC2(C(=O)O)CC2)ccc1Cl)C1C=C(F)C(Cl)=CC1)C(F)(F)F. The van der Waals surface area contributed by atoms with Crippen LogP contribution >= 0.6 is 23.2 Å². The van der Waals surface area contributed by atoms with E-state index in [2.05, 4.69) is 5.32 Å². The van der Waals surface area contributed by atoms with E-state index in [1.165, 1.54) is 18.2 Å². The summed E-state index contributed by atoms with van der Waals surface area (Å²) in [4.78, 5) is 24.4. The summed E-state index contributed by atoms with van der Waals surface area (Å²) in [5, 5.41) is 11.7. The Morgan fingerprint density at radius 3 is 2.47 bits per heavy atom. The number of rotatable bonds is 7. The number of anilines is 1. The maximum atomic E-state index is 14.0. The van der Waals surface area contributed by atoms with Gasteiger partial charge in [0.25, 0.3) is 0 Å². The number of hydrogen-bond acceptors (Lipinski definition) is 2. The molecule has 1 aromatic rings. The fraction of sp³-hybridized carbons (Fsp3) is 0.455. The highest BCUT2D eigenvalue weighted by molar-refractivity contribution is 6.33. The summed E-state index contributed by atoms with van der Waals surface area (Å²) in [6.07, 6.45) is -1.27. The summed E-state index contributed by atoms with van der Waals surface area (Å²) in [5.74, 6) is -7.51. The van der Waals surface area contributed by atoms with E-state index in [4.69, 9.17) is 23.2 Å². The number of alkyl halides is 3. The minimum atomic E-state index is -4.69. The first-order chi connectivity index (χ1) is 14.8. The number of carbonyl (C=O) groups is 2. The van der Waals surface area contributed by atoms with Gasteiger partial charge in [0.2, 0.25) is 5.91 Å². The lowest BCUT2D eigenvalue weighted by atomic mass is 9.78. The fourth-order valence-electron chi connectivity index (χ4n) is 3.92. The summed E-state index contributed by atoms with van der Waals surface area (Å²) in [6, 6.07) is 4.53. The zero-order valence-electron chi connectivity index (χ0n) is 17.0. The lowest BCUT2D eigenvalue weighted by molar-refractivity contribution is -0.188. The second-order valence-corrected chi connectivity index (χ2v) is 9.20. The Morgan fingerprint density at radius 1 is 1.28 bits per heavy atom. The molecule has 10 heteroatoms. The molecular weight excluding hydrogens is 473 g/mol. The Kier molecular flexibility index (Phi) is 6.96. The number of hydrogen-bond donors (Lipinski definition) is 2. The van der Waals surface area contributed by atoms with Gasteiger partial charge >= 0.3 is 12.1 Å². The fourth-order valence-corrected chi connectivity index (χ4v) is 4.24. The predicted molar refractivity (Wildman–Crippen MR) is 113 cm³/mol. The molecule has 32 heavy (non-hydrogen) atoms. The van der Waals surface area contributed by atoms with Crippen LogP contribution in [0, 0.1) is 23.2 Å². The number of amides is 1. The van der Waals surface area contributed by atoms with Crippen LogP contribution in [0.4, 0.5) is 23.2 Å². The maximum Gasteiger partial charge on any atom is 0.392 e. The largest absolute Gasteiger partial charge is 0.481 e. The van der Waals surface area contributed by atoms with Crippen molar-refractivity contribution in [2.24, 2.45) is 23.2 Å². The Labute approximate surface area is 192 Å². The van der Waals surface area contributed by atoms with Gasteiger partial charge < -0.3 is 10.4 Å². The van der Waals surface area contributed by atoms with Crippen LogP contribution in [0.25, 0.3) is 0 Å². The molecular formula is C22H21Cl2F4NO3. The molecule has 0 heterocycles. The van der Waals surface area contributed by atoms with Crippen LogP contribution in [0.5, 0.6) is 0 Å². The number of nitrogens with one attached hydrogen (secondary N) is 1. The minimum absolute atomic E-state index is 0.0281. The zero-order valence-corrected chi connectivity index (χ0v) is 18.5. The molecule has 2 aliphatic carbocycles. The Morgan fingerprint density at radius 2 is 1.94 bits per heavy atom. The molecule has 1 fully saturated rings. The van der Waals surface area contributed by atoms with Gasteiger partial charge in [0.1, 0.15) is 5.83 Å². The van der Waals surface area contributed by atoms with Crippen molar-refractivity contribution in [2.45, 2.75) is 38.8 Å². The van der Waals surface area contributed by atoms with Gasteiger partial charge in [-0.15, -0.1) is 0 Å². The topological polar surface area (TPSA) is 66.4 Å². The number of halogens is 6. The Hall–Kier alpha value is -2.06. The van der Waals surface area contributed by atoms with E-state index in [1.54, 1.807) is 6.07 Å². The molecule has 4 nitrogen and oxygen atoms in total. The number of benzene rings is 1. The van der Waals surface area contributed by atoms with E-state index >= 15 is 0 Å². The van der Waals surface area contributed by atoms with Crippen molar-refractivity contribution in [1.82, 2.24) is 0 Å². The van der Waals surface area contributed by atoms with Crippen molar-refractivity contribution in [3.8, 4) is 0 Å². The number of carboxylic acid groups (broad SMARTS) is 1. The Bertz CT molecular complexity index is 986. The van der Waals surface area contributed by atoms with Crippen LogP contribution in [-0.4, -0.2) is 23.2 Å². The van der Waals surface area contributed by atoms with E-state index in [9.17, 15) is 32.3 Å². The first-order valence-electron chi connectivity index (χ1n) is 9.97. The van der Waals surface area contributed by atoms with E-state index in [0.717, 1.165) is 13.0 Å². The molecule has 1 unspecified atom stereocenters. The summed E-state index contributed by atoms with van der Waals surface area (Å²) in [5.41, 5.74) is -0.203. The molecule has 0 aromatic heterocycles. The van der Waals surface area contributed by atoms with Gasteiger partial charge in [-0.1, -0.05) is 42.3 Å². The normalized spacial score (nSPS) is 21.8. The monoisotopic (exact) mass is 493 g/mol. The summed E-state index contributed by atoms with van der Waals surface area (Å²) in [6.45, 7) is 0.873. The Balaban J connectivity index is 1.86. The molecule has 0 saturated heterocycles. The van der Waals surface area contributed by atoms with Gasteiger partial charge in [-0.05, 0) is 55.4 Å². The van der Waals surface area contributed by atoms with Gasteiger partial charge in [-0.3, -0.25) is 9.59 Å². The lowest BCUT2D eigenvalue weighted by Gasteiger charge is -2.31. The predicted octanol–water partition coefficient (Wildman–Crippen LogP) is 6.50. The van der Waals surface area contributed by atoms with E-state index in [1.807, 2.05) is 0 Å². The van der Waals surface area contributed by atoms with Gasteiger partial charge in [-0.2, -0.15) is 13.2 Å². The average molecular weight is 494 g/mol. The zero-order chi connectivity index (χ0) is 23.8. The standard InChI is InChI=1S/C22H21Cl2F4NO3/c1-11(22(26,27)28)18(13-3-5-14(23)16(25)9-13)19(30)29-17-8-12(2-4-15(17)24)10-21(6-7-21)20(31)32/h2,4-5,8-9,11,13,18H,3,6-7,10H2,1H3,(H,29,30)(H,31,32)/t11-,13?,18+/m1/s1. The second-order valence-electron chi connectivity index (χ2n) is 8.39. The van der Waals surface area contributed by atoms with Gasteiger partial charge in [0.05, 0.1) is 33.0 Å². The molecule has 0 aliphatic heterocycles. The molecule has 174 valence electrons. The van der Waals surface area contributed by atoms with Crippen LogP contribution in [0.3, 0.4) is 0 Å². The molecule has 0 bridgehead atoms. The highest BCUT2D eigenvalue weighted by atomic mass is 35.5. The third-order valence-electron chi connectivity index (χ3n) is 6.12. The molecule has 1 aromatic carbocycles. The van der Waals surface area contributed by atoms with Gasteiger partial charge in [0.15, 0.2) is 0 Å². The summed E-state index contributed by atoms with van der Waals surface area (Å²) < 4.78 is 54.5. The maximum absolute atomic E-state index is 14.0. The molecule has 0 radical (unpaired) electrons. The van der Waals surface area contributed by atoms with Crippen LogP contribution in [0.2, 0.25) is 5.02 Å². The van der Waals surface area contributed by atoms with Crippen molar-refractivity contribution >= 4 is 40.8 Å².